The molecule has 1 aliphatic carbocycles. The third kappa shape index (κ3) is 6.86. The summed E-state index contributed by atoms with van der Waals surface area (Å²) < 4.78 is 24.7. The molecule has 0 aromatic carbocycles. The van der Waals surface area contributed by atoms with Crippen molar-refractivity contribution < 1.29 is 8.42 Å². The Hall–Kier alpha value is -0.0900. The Morgan fingerprint density at radius 3 is 2.44 bits per heavy atom. The molecule has 1 atom stereocenters. The average Bonchev–Trinajstić information content (AvgIpc) is 2.93. The van der Waals surface area contributed by atoms with Crippen LogP contribution in [0.2, 0.25) is 0 Å². The topological polar surface area (TPSA) is 73.8 Å². The predicted octanol–water partition coefficient (Wildman–Crippen LogP) is 2.27. The number of halogens is 1. The first-order valence-electron chi connectivity index (χ1n) is 9.14. The first kappa shape index (κ1) is 23.0. The Labute approximate surface area is 170 Å². The van der Waals surface area contributed by atoms with Gasteiger partial charge in [0, 0.05) is 33.2 Å². The molecule has 2 fully saturated rings. The van der Waals surface area contributed by atoms with Gasteiger partial charge in [-0.25, -0.2) is 12.7 Å². The molecule has 25 heavy (non-hydrogen) atoms. The van der Waals surface area contributed by atoms with Gasteiger partial charge < -0.3 is 10.6 Å². The van der Waals surface area contributed by atoms with Crippen molar-refractivity contribution in [3.05, 3.63) is 0 Å². The zero-order valence-corrected chi connectivity index (χ0v) is 19.2. The zero-order valence-electron chi connectivity index (χ0n) is 16.0. The molecule has 8 heteroatoms. The van der Waals surface area contributed by atoms with E-state index in [9.17, 15) is 8.42 Å². The predicted molar refractivity (Wildman–Crippen MR) is 115 cm³/mol. The Morgan fingerprint density at radius 2 is 2.00 bits per heavy atom. The van der Waals surface area contributed by atoms with E-state index in [0.29, 0.717) is 24.4 Å². The molecular weight excluding hydrogens is 451 g/mol. The van der Waals surface area contributed by atoms with Crippen LogP contribution in [-0.2, 0) is 10.0 Å². The van der Waals surface area contributed by atoms with Crippen LogP contribution in [0, 0.1) is 17.3 Å². The Morgan fingerprint density at radius 1 is 1.32 bits per heavy atom. The fourth-order valence-electron chi connectivity index (χ4n) is 3.99. The number of hydrogen-bond acceptors (Lipinski definition) is 3. The molecule has 0 aromatic heterocycles. The molecule has 1 unspecified atom stereocenters. The summed E-state index contributed by atoms with van der Waals surface area (Å²) in [6, 6.07) is 0. The van der Waals surface area contributed by atoms with Gasteiger partial charge in [-0.2, -0.15) is 0 Å². The van der Waals surface area contributed by atoms with Crippen molar-refractivity contribution in [3.63, 3.8) is 0 Å². The molecule has 2 N–H and O–H groups in total. The molecule has 1 heterocycles. The monoisotopic (exact) mass is 486 g/mol. The lowest BCUT2D eigenvalue weighted by molar-refractivity contribution is 0.104. The summed E-state index contributed by atoms with van der Waals surface area (Å²) in [5.74, 6) is 1.91. The number of aliphatic imine (C=N–C) groups is 1. The lowest BCUT2D eigenvalue weighted by Gasteiger charge is -2.43. The first-order valence-corrected chi connectivity index (χ1v) is 11.0. The van der Waals surface area contributed by atoms with Gasteiger partial charge >= 0.3 is 0 Å². The van der Waals surface area contributed by atoms with E-state index in [1.165, 1.54) is 31.9 Å². The van der Waals surface area contributed by atoms with Crippen LogP contribution in [0.25, 0.3) is 0 Å². The van der Waals surface area contributed by atoms with E-state index in [-0.39, 0.29) is 24.0 Å². The summed E-state index contributed by atoms with van der Waals surface area (Å²) in [4.78, 5) is 4.32. The first-order chi connectivity index (χ1) is 11.2. The van der Waals surface area contributed by atoms with Crippen molar-refractivity contribution in [1.29, 1.82) is 0 Å². The lowest BCUT2D eigenvalue weighted by atomic mass is 9.64. The van der Waals surface area contributed by atoms with E-state index in [2.05, 4.69) is 29.5 Å². The largest absolute Gasteiger partial charge is 0.356 e. The highest BCUT2D eigenvalue weighted by Crippen LogP contribution is 2.45. The maximum Gasteiger partial charge on any atom is 0.211 e. The summed E-state index contributed by atoms with van der Waals surface area (Å²) in [6.07, 6.45) is 7.42. The summed E-state index contributed by atoms with van der Waals surface area (Å²) in [5, 5.41) is 6.86. The van der Waals surface area contributed by atoms with Crippen molar-refractivity contribution >= 4 is 40.0 Å². The third-order valence-corrected chi connectivity index (χ3v) is 6.66. The molecule has 1 saturated carbocycles. The van der Waals surface area contributed by atoms with Gasteiger partial charge in [-0.1, -0.05) is 20.3 Å². The van der Waals surface area contributed by atoms with Crippen LogP contribution in [0.3, 0.4) is 0 Å². The Bertz CT molecular complexity index is 547. The van der Waals surface area contributed by atoms with Gasteiger partial charge in [0.15, 0.2) is 5.96 Å². The van der Waals surface area contributed by atoms with Crippen LogP contribution in [-0.4, -0.2) is 58.2 Å². The summed E-state index contributed by atoms with van der Waals surface area (Å²) >= 11 is 0. The van der Waals surface area contributed by atoms with Crippen molar-refractivity contribution in [1.82, 2.24) is 14.9 Å². The minimum absolute atomic E-state index is 0. The van der Waals surface area contributed by atoms with Crippen molar-refractivity contribution in [2.75, 3.05) is 39.5 Å². The maximum atomic E-state index is 11.6. The van der Waals surface area contributed by atoms with E-state index in [0.717, 1.165) is 31.4 Å². The van der Waals surface area contributed by atoms with Crippen molar-refractivity contribution in [2.24, 2.45) is 22.2 Å². The summed E-state index contributed by atoms with van der Waals surface area (Å²) in [7, 11) is -1.26. The van der Waals surface area contributed by atoms with Gasteiger partial charge in [0.1, 0.15) is 0 Å². The van der Waals surface area contributed by atoms with Gasteiger partial charge in [-0.15, -0.1) is 24.0 Å². The van der Waals surface area contributed by atoms with Crippen LogP contribution in [0.1, 0.15) is 46.0 Å². The van der Waals surface area contributed by atoms with E-state index >= 15 is 0 Å². The lowest BCUT2D eigenvalue weighted by Crippen LogP contribution is -2.47. The molecule has 2 rings (SSSR count). The second kappa shape index (κ2) is 9.73. The quantitative estimate of drug-likeness (QED) is 0.329. The van der Waals surface area contributed by atoms with Crippen LogP contribution >= 0.6 is 24.0 Å². The molecule has 1 saturated heterocycles. The van der Waals surface area contributed by atoms with Gasteiger partial charge in [0.25, 0.3) is 0 Å². The Kier molecular flexibility index (Phi) is 8.93. The van der Waals surface area contributed by atoms with Crippen LogP contribution in [0.15, 0.2) is 4.99 Å². The van der Waals surface area contributed by atoms with E-state index in [1.807, 2.05) is 0 Å². The fourth-order valence-corrected chi connectivity index (χ4v) is 4.91. The zero-order chi connectivity index (χ0) is 17.8. The average molecular weight is 486 g/mol. The second-order valence-corrected chi connectivity index (χ2v) is 10.0. The molecule has 1 aliphatic heterocycles. The molecule has 2 aliphatic rings. The van der Waals surface area contributed by atoms with Crippen LogP contribution in [0.5, 0.6) is 0 Å². The molecule has 148 valence electrons. The summed E-state index contributed by atoms with van der Waals surface area (Å²) in [6.45, 7) is 7.57. The smallest absolute Gasteiger partial charge is 0.211 e. The van der Waals surface area contributed by atoms with Gasteiger partial charge in [-0.05, 0) is 42.9 Å². The highest BCUT2D eigenvalue weighted by Gasteiger charge is 2.37. The van der Waals surface area contributed by atoms with E-state index < -0.39 is 10.0 Å². The SMILES string of the molecule is CN=C(NCC1CCN(S(C)(=O)=O)C1)NCC1(CC(C)C)CCC1.I. The molecule has 0 amide bonds. The molecule has 6 nitrogen and oxygen atoms in total. The second-order valence-electron chi connectivity index (χ2n) is 8.03. The van der Waals surface area contributed by atoms with Crippen LogP contribution < -0.4 is 10.6 Å². The number of nitrogens with one attached hydrogen (secondary N) is 2. The molecule has 0 spiro atoms. The van der Waals surface area contributed by atoms with Gasteiger partial charge in [0.05, 0.1) is 6.26 Å². The van der Waals surface area contributed by atoms with Crippen LogP contribution in [0.4, 0.5) is 0 Å². The highest BCUT2D eigenvalue weighted by molar-refractivity contribution is 14.0. The number of nitrogens with zero attached hydrogens (tertiary/aromatic N) is 2. The normalized spacial score (nSPS) is 23.9. The molecule has 0 aromatic rings. The number of rotatable bonds is 7. The standard InChI is InChI=1S/C17H34N4O2S.HI/c1-14(2)10-17(7-5-8-17)13-20-16(18-3)19-11-15-6-9-21(12-15)24(4,22)23;/h14-15H,5-13H2,1-4H3,(H2,18,19,20);1H. The maximum absolute atomic E-state index is 11.6. The summed E-state index contributed by atoms with van der Waals surface area (Å²) in [5.41, 5.74) is 0.437. The minimum Gasteiger partial charge on any atom is -0.356 e. The fraction of sp³-hybridized carbons (Fsp3) is 0.941. The Balaban J connectivity index is 0.00000312. The molecular formula is C17H35IN4O2S. The van der Waals surface area contributed by atoms with Crippen molar-refractivity contribution in [3.8, 4) is 0 Å². The van der Waals surface area contributed by atoms with E-state index in [4.69, 9.17) is 0 Å². The number of guanidine groups is 1. The minimum atomic E-state index is -3.06. The highest BCUT2D eigenvalue weighted by atomic mass is 127. The number of hydrogen-bond donors (Lipinski definition) is 2. The number of sulfonamides is 1. The van der Waals surface area contributed by atoms with E-state index in [1.54, 1.807) is 11.4 Å². The third-order valence-electron chi connectivity index (χ3n) is 5.39. The van der Waals surface area contributed by atoms with Crippen molar-refractivity contribution in [2.45, 2.75) is 46.0 Å². The van der Waals surface area contributed by atoms with Gasteiger partial charge in [0.2, 0.25) is 10.0 Å². The molecule has 0 radical (unpaired) electrons. The van der Waals surface area contributed by atoms with Gasteiger partial charge in [-0.3, -0.25) is 4.99 Å². The molecule has 0 bridgehead atoms.